The fourth-order valence-corrected chi connectivity index (χ4v) is 3.16. The predicted octanol–water partition coefficient (Wildman–Crippen LogP) is 5.63. The fourth-order valence-electron chi connectivity index (χ4n) is 2.06. The molecule has 1 N–H and O–H groups in total. The third kappa shape index (κ3) is 3.80. The van der Waals surface area contributed by atoms with Crippen LogP contribution < -0.4 is 4.72 Å². The lowest BCUT2D eigenvalue weighted by Gasteiger charge is -2.05. The number of carbonyl (C=O) groups is 1. The molecule has 0 atom stereocenters. The molecule has 0 bridgehead atoms. The van der Waals surface area contributed by atoms with Gasteiger partial charge in [0.2, 0.25) is 0 Å². The highest BCUT2D eigenvalue weighted by Crippen LogP contribution is 2.28. The van der Waals surface area contributed by atoms with E-state index in [9.17, 15) is 4.79 Å². The van der Waals surface area contributed by atoms with Crippen LogP contribution in [0.3, 0.4) is 0 Å². The second kappa shape index (κ2) is 7.38. The van der Waals surface area contributed by atoms with Gasteiger partial charge in [0.15, 0.2) is 5.76 Å². The van der Waals surface area contributed by atoms with Gasteiger partial charge in [0, 0.05) is 20.4 Å². The lowest BCUT2D eigenvalue weighted by molar-refractivity contribution is 0.0958. The van der Waals surface area contributed by atoms with E-state index in [2.05, 4.69) is 17.4 Å². The summed E-state index contributed by atoms with van der Waals surface area (Å²) in [6, 6.07) is 16.6. The molecule has 3 aromatic rings. The lowest BCUT2D eigenvalue weighted by atomic mass is 10.1. The Kier molecular flexibility index (Phi) is 5.23. The zero-order chi connectivity index (χ0) is 17.1. The molecule has 0 radical (unpaired) electrons. The van der Waals surface area contributed by atoms with Crippen molar-refractivity contribution in [3.63, 3.8) is 0 Å². The predicted molar refractivity (Wildman–Crippen MR) is 101 cm³/mol. The number of hydrogen-bond acceptors (Lipinski definition) is 4. The molecule has 3 nitrogen and oxygen atoms in total. The number of aryl methyl sites for hydroxylation is 1. The fraction of sp³-hybridized carbons (Fsp3) is 0.0556. The van der Waals surface area contributed by atoms with E-state index in [-0.39, 0.29) is 11.7 Å². The number of benzene rings is 2. The molecule has 3 rings (SSSR count). The van der Waals surface area contributed by atoms with Gasteiger partial charge in [-0.3, -0.25) is 9.52 Å². The number of carbonyl (C=O) groups excluding carboxylic acids is 1. The Morgan fingerprint density at radius 3 is 2.71 bits per heavy atom. The van der Waals surface area contributed by atoms with E-state index in [4.69, 9.17) is 16.0 Å². The molecule has 1 heterocycles. The lowest BCUT2D eigenvalue weighted by Crippen LogP contribution is -2.14. The molecule has 1 aromatic heterocycles. The molecule has 0 fully saturated rings. The minimum atomic E-state index is -0.305. The van der Waals surface area contributed by atoms with Gasteiger partial charge in [0.1, 0.15) is 5.76 Å². The first-order valence-electron chi connectivity index (χ1n) is 7.16. The van der Waals surface area contributed by atoms with E-state index in [0.29, 0.717) is 10.8 Å². The summed E-state index contributed by atoms with van der Waals surface area (Å²) in [4.78, 5) is 13.9. The molecule has 0 spiro atoms. The minimum absolute atomic E-state index is 0.242. The summed E-state index contributed by atoms with van der Waals surface area (Å²) in [5.41, 5.74) is 1.82. The molecule has 6 heteroatoms. The number of furan rings is 1. The molecule has 0 saturated carbocycles. The monoisotopic (exact) mass is 375 g/mol. The maximum atomic E-state index is 12.2. The second-order valence-electron chi connectivity index (χ2n) is 5.13. The molecule has 122 valence electrons. The van der Waals surface area contributed by atoms with Crippen molar-refractivity contribution >= 4 is 42.1 Å². The maximum Gasteiger partial charge on any atom is 0.297 e. The number of amides is 1. The third-order valence-corrected chi connectivity index (χ3v) is 5.22. The van der Waals surface area contributed by atoms with E-state index < -0.39 is 0 Å². The summed E-state index contributed by atoms with van der Waals surface area (Å²) < 4.78 is 8.39. The summed E-state index contributed by atoms with van der Waals surface area (Å²) in [7, 11) is 0. The van der Waals surface area contributed by atoms with Gasteiger partial charge in [-0.25, -0.2) is 0 Å². The Balaban J connectivity index is 1.72. The highest BCUT2D eigenvalue weighted by Gasteiger charge is 2.13. The zero-order valence-electron chi connectivity index (χ0n) is 12.7. The topological polar surface area (TPSA) is 42.2 Å². The van der Waals surface area contributed by atoms with E-state index in [1.54, 1.807) is 12.1 Å². The van der Waals surface area contributed by atoms with E-state index in [1.165, 1.54) is 11.9 Å². The van der Waals surface area contributed by atoms with Crippen molar-refractivity contribution in [2.45, 2.75) is 16.7 Å². The van der Waals surface area contributed by atoms with Crippen LogP contribution in [0.25, 0.3) is 11.3 Å². The van der Waals surface area contributed by atoms with Crippen molar-refractivity contribution in [2.75, 3.05) is 0 Å². The van der Waals surface area contributed by atoms with Crippen LogP contribution in [0.4, 0.5) is 0 Å². The molecule has 0 saturated heterocycles. The summed E-state index contributed by atoms with van der Waals surface area (Å²) in [5, 5.41) is 0.663. The van der Waals surface area contributed by atoms with Crippen molar-refractivity contribution < 1.29 is 9.21 Å². The Labute approximate surface area is 154 Å². The Bertz CT molecular complexity index is 892. The Hall–Kier alpha value is -1.82. The number of nitrogens with one attached hydrogen (secondary N) is 1. The van der Waals surface area contributed by atoms with Gasteiger partial charge in [-0.05, 0) is 54.8 Å². The highest BCUT2D eigenvalue weighted by molar-refractivity contribution is 7.98. The third-order valence-electron chi connectivity index (χ3n) is 3.41. The first-order valence-corrected chi connectivity index (χ1v) is 8.80. The van der Waals surface area contributed by atoms with Gasteiger partial charge >= 0.3 is 0 Å². The quantitative estimate of drug-likeness (QED) is 0.458. The van der Waals surface area contributed by atoms with Crippen LogP contribution in [0.2, 0.25) is 5.02 Å². The van der Waals surface area contributed by atoms with Gasteiger partial charge in [-0.15, -0.1) is 12.6 Å². The van der Waals surface area contributed by atoms with E-state index in [1.807, 2.05) is 49.4 Å². The van der Waals surface area contributed by atoms with Crippen molar-refractivity contribution in [1.82, 2.24) is 4.72 Å². The molecular weight excluding hydrogens is 362 g/mol. The van der Waals surface area contributed by atoms with Gasteiger partial charge < -0.3 is 4.42 Å². The molecular formula is C18H14ClNO2S2. The zero-order valence-corrected chi connectivity index (χ0v) is 15.2. The van der Waals surface area contributed by atoms with Crippen LogP contribution in [0, 0.1) is 6.92 Å². The number of hydrogen-bond donors (Lipinski definition) is 2. The number of rotatable bonds is 4. The van der Waals surface area contributed by atoms with Crippen LogP contribution >= 0.6 is 36.2 Å². The molecule has 0 aliphatic rings. The van der Waals surface area contributed by atoms with Gasteiger partial charge in [-0.2, -0.15) is 0 Å². The molecule has 0 aliphatic heterocycles. The van der Waals surface area contributed by atoms with Crippen molar-refractivity contribution in [3.05, 3.63) is 70.9 Å². The van der Waals surface area contributed by atoms with E-state index >= 15 is 0 Å². The first kappa shape index (κ1) is 17.0. The number of halogens is 1. The molecule has 0 unspecified atom stereocenters. The highest BCUT2D eigenvalue weighted by atomic mass is 35.5. The summed E-state index contributed by atoms with van der Waals surface area (Å²) >= 11 is 11.7. The molecule has 2 aromatic carbocycles. The van der Waals surface area contributed by atoms with Crippen molar-refractivity contribution in [1.29, 1.82) is 0 Å². The van der Waals surface area contributed by atoms with Crippen LogP contribution in [0.1, 0.15) is 16.1 Å². The van der Waals surface area contributed by atoms with Gasteiger partial charge in [0.05, 0.1) is 0 Å². The van der Waals surface area contributed by atoms with Gasteiger partial charge in [-0.1, -0.05) is 35.9 Å². The SMILES string of the molecule is Cc1ccc(-c2ccc(C(=O)NSc3ccccc3S)o2)cc1Cl. The van der Waals surface area contributed by atoms with Crippen LogP contribution in [0.5, 0.6) is 0 Å². The standard InChI is InChI=1S/C18H14ClNO2S2/c1-11-6-7-12(10-13(11)19)14-8-9-15(22-14)18(21)20-24-17-5-3-2-4-16(17)23/h2-10,23H,1H3,(H,20,21). The summed E-state index contributed by atoms with van der Waals surface area (Å²) in [5.74, 6) is 0.536. The summed E-state index contributed by atoms with van der Waals surface area (Å²) in [6.45, 7) is 1.93. The van der Waals surface area contributed by atoms with Gasteiger partial charge in [0.25, 0.3) is 5.91 Å². The first-order chi connectivity index (χ1) is 11.5. The van der Waals surface area contributed by atoms with Crippen LogP contribution in [-0.2, 0) is 0 Å². The minimum Gasteiger partial charge on any atom is -0.451 e. The normalized spacial score (nSPS) is 10.6. The van der Waals surface area contributed by atoms with Crippen LogP contribution in [-0.4, -0.2) is 5.91 Å². The Morgan fingerprint density at radius 1 is 1.17 bits per heavy atom. The molecule has 24 heavy (non-hydrogen) atoms. The largest absolute Gasteiger partial charge is 0.451 e. The van der Waals surface area contributed by atoms with E-state index in [0.717, 1.165) is 20.9 Å². The smallest absolute Gasteiger partial charge is 0.297 e. The number of thiol groups is 1. The van der Waals surface area contributed by atoms with Crippen LogP contribution in [0.15, 0.2) is 68.8 Å². The average Bonchev–Trinajstić information content (AvgIpc) is 3.06. The van der Waals surface area contributed by atoms with Crippen molar-refractivity contribution in [3.8, 4) is 11.3 Å². The summed E-state index contributed by atoms with van der Waals surface area (Å²) in [6.07, 6.45) is 0. The average molecular weight is 376 g/mol. The second-order valence-corrected chi connectivity index (χ2v) is 6.87. The molecule has 0 aliphatic carbocycles. The van der Waals surface area contributed by atoms with Crippen molar-refractivity contribution in [2.24, 2.45) is 0 Å². The Morgan fingerprint density at radius 2 is 1.96 bits per heavy atom. The molecule has 1 amide bonds. The maximum absolute atomic E-state index is 12.2.